The van der Waals surface area contributed by atoms with Gasteiger partial charge in [0.15, 0.2) is 0 Å². The van der Waals surface area contributed by atoms with Gasteiger partial charge in [0.1, 0.15) is 13.2 Å². The fourth-order valence-electron chi connectivity index (χ4n) is 2.38. The summed E-state index contributed by atoms with van der Waals surface area (Å²) < 4.78 is 40.3. The third-order valence-corrected chi connectivity index (χ3v) is 3.49. The Hall–Kier alpha value is -1.76. The minimum Gasteiger partial charge on any atom is -0.368 e. The lowest BCUT2D eigenvalue weighted by molar-refractivity contribution is -0.177. The van der Waals surface area contributed by atoms with E-state index in [9.17, 15) is 18.0 Å². The summed E-state index contributed by atoms with van der Waals surface area (Å²) in [4.78, 5) is 15.5. The van der Waals surface area contributed by atoms with Gasteiger partial charge >= 0.3 is 6.18 Å². The Morgan fingerprint density at radius 3 is 2.50 bits per heavy atom. The molecular weight excluding hydrogens is 297 g/mol. The van der Waals surface area contributed by atoms with E-state index in [1.54, 1.807) is 4.90 Å². The maximum absolute atomic E-state index is 12.0. The summed E-state index contributed by atoms with van der Waals surface area (Å²) in [5, 5.41) is 0. The summed E-state index contributed by atoms with van der Waals surface area (Å²) in [7, 11) is 0. The number of rotatable bonds is 4. The molecular formula is C15H19F3N2O2. The Labute approximate surface area is 127 Å². The molecule has 1 aliphatic rings. The number of carbonyl (C=O) groups is 1. The molecule has 7 heteroatoms. The topological polar surface area (TPSA) is 32.8 Å². The van der Waals surface area contributed by atoms with Crippen molar-refractivity contribution in [3.63, 3.8) is 0 Å². The van der Waals surface area contributed by atoms with E-state index in [1.165, 1.54) is 0 Å². The number of amides is 1. The molecule has 22 heavy (non-hydrogen) atoms. The fraction of sp³-hybridized carbons (Fsp3) is 0.533. The lowest BCUT2D eigenvalue weighted by Crippen LogP contribution is -2.50. The largest absolute Gasteiger partial charge is 0.411 e. The second-order valence-corrected chi connectivity index (χ2v) is 5.31. The van der Waals surface area contributed by atoms with Crippen molar-refractivity contribution >= 4 is 11.6 Å². The predicted octanol–water partition coefficient (Wildman–Crippen LogP) is 2.22. The monoisotopic (exact) mass is 316 g/mol. The molecule has 1 heterocycles. The van der Waals surface area contributed by atoms with Crippen LogP contribution in [0.3, 0.4) is 0 Å². The molecule has 1 aliphatic heterocycles. The Morgan fingerprint density at radius 2 is 1.91 bits per heavy atom. The summed E-state index contributed by atoms with van der Waals surface area (Å²) in [6, 6.07) is 8.08. The maximum Gasteiger partial charge on any atom is 0.411 e. The van der Waals surface area contributed by atoms with Crippen LogP contribution in [0.4, 0.5) is 18.9 Å². The molecule has 1 aromatic carbocycles. The van der Waals surface area contributed by atoms with Crippen LogP contribution in [0.15, 0.2) is 24.3 Å². The van der Waals surface area contributed by atoms with Crippen molar-refractivity contribution < 1.29 is 22.7 Å². The molecule has 2 rings (SSSR count). The van der Waals surface area contributed by atoms with E-state index in [0.717, 1.165) is 11.3 Å². The number of ether oxygens (including phenoxy) is 1. The van der Waals surface area contributed by atoms with Crippen molar-refractivity contribution in [3.8, 4) is 0 Å². The molecule has 0 unspecified atom stereocenters. The number of aryl methyl sites for hydroxylation is 1. The van der Waals surface area contributed by atoms with Crippen LogP contribution in [0, 0.1) is 6.92 Å². The smallest absolute Gasteiger partial charge is 0.368 e. The van der Waals surface area contributed by atoms with Gasteiger partial charge < -0.3 is 14.5 Å². The Bertz CT molecular complexity index is 512. The molecule has 0 aromatic heterocycles. The average molecular weight is 316 g/mol. The number of hydrogen-bond acceptors (Lipinski definition) is 3. The fourth-order valence-corrected chi connectivity index (χ4v) is 2.38. The van der Waals surface area contributed by atoms with Gasteiger partial charge in [0.25, 0.3) is 0 Å². The Balaban J connectivity index is 1.78. The van der Waals surface area contributed by atoms with Gasteiger partial charge in [-0.05, 0) is 24.6 Å². The predicted molar refractivity (Wildman–Crippen MR) is 76.8 cm³/mol. The highest BCUT2D eigenvalue weighted by molar-refractivity contribution is 5.77. The minimum atomic E-state index is -4.40. The average Bonchev–Trinajstić information content (AvgIpc) is 2.46. The van der Waals surface area contributed by atoms with E-state index in [4.69, 9.17) is 0 Å². The lowest BCUT2D eigenvalue weighted by atomic mass is 10.2. The van der Waals surface area contributed by atoms with Gasteiger partial charge in [-0.3, -0.25) is 4.79 Å². The molecule has 4 nitrogen and oxygen atoms in total. The maximum atomic E-state index is 12.0. The molecule has 0 spiro atoms. The zero-order valence-corrected chi connectivity index (χ0v) is 12.4. The number of hydrogen-bond donors (Lipinski definition) is 0. The number of anilines is 1. The summed E-state index contributed by atoms with van der Waals surface area (Å²) in [6.07, 6.45) is -4.40. The second-order valence-electron chi connectivity index (χ2n) is 5.31. The highest BCUT2D eigenvalue weighted by Gasteiger charge is 2.28. The van der Waals surface area contributed by atoms with Crippen LogP contribution in [0.25, 0.3) is 0 Å². The van der Waals surface area contributed by atoms with Gasteiger partial charge in [0, 0.05) is 31.9 Å². The van der Waals surface area contributed by atoms with Crippen molar-refractivity contribution in [1.29, 1.82) is 0 Å². The van der Waals surface area contributed by atoms with Gasteiger partial charge in [-0.25, -0.2) is 0 Å². The number of benzene rings is 1. The number of alkyl halides is 3. The summed E-state index contributed by atoms with van der Waals surface area (Å²) in [5.74, 6) is -0.395. The van der Waals surface area contributed by atoms with Crippen molar-refractivity contribution in [2.75, 3.05) is 44.3 Å². The van der Waals surface area contributed by atoms with Gasteiger partial charge in [-0.2, -0.15) is 13.2 Å². The van der Waals surface area contributed by atoms with E-state index in [-0.39, 0.29) is 0 Å². The Kier molecular flexibility index (Phi) is 5.28. The number of piperazine rings is 1. The first-order chi connectivity index (χ1) is 10.3. The van der Waals surface area contributed by atoms with E-state index in [1.807, 2.05) is 25.1 Å². The first-order valence-corrected chi connectivity index (χ1v) is 7.09. The molecule has 0 aliphatic carbocycles. The molecule has 1 amide bonds. The molecule has 0 bridgehead atoms. The molecule has 0 N–H and O–H groups in total. The summed E-state index contributed by atoms with van der Waals surface area (Å²) in [6.45, 7) is 2.40. The van der Waals surface area contributed by atoms with Crippen LogP contribution in [0.1, 0.15) is 5.56 Å². The SMILES string of the molecule is Cc1cccc(N2CCN(C(=O)COCC(F)(F)F)CC2)c1. The standard InChI is InChI=1S/C15H19F3N2O2/c1-12-3-2-4-13(9-12)19-5-7-20(8-6-19)14(21)10-22-11-15(16,17)18/h2-4,9H,5-8,10-11H2,1H3. The van der Waals surface area contributed by atoms with Crippen LogP contribution in [-0.4, -0.2) is 56.4 Å². The number of halogens is 3. The lowest BCUT2D eigenvalue weighted by Gasteiger charge is -2.36. The van der Waals surface area contributed by atoms with Crippen molar-refractivity contribution in [2.45, 2.75) is 13.1 Å². The quantitative estimate of drug-likeness (QED) is 0.854. The number of nitrogens with zero attached hydrogens (tertiary/aromatic N) is 2. The van der Waals surface area contributed by atoms with Crippen LogP contribution in [0.2, 0.25) is 0 Å². The second kappa shape index (κ2) is 7.00. The first-order valence-electron chi connectivity index (χ1n) is 7.09. The van der Waals surface area contributed by atoms with E-state index in [2.05, 4.69) is 15.7 Å². The molecule has 0 atom stereocenters. The van der Waals surface area contributed by atoms with Gasteiger partial charge in [0.05, 0.1) is 0 Å². The Morgan fingerprint density at radius 1 is 1.23 bits per heavy atom. The van der Waals surface area contributed by atoms with Crippen LogP contribution in [-0.2, 0) is 9.53 Å². The normalized spacial score (nSPS) is 16.0. The first kappa shape index (κ1) is 16.6. The van der Waals surface area contributed by atoms with E-state index >= 15 is 0 Å². The highest BCUT2D eigenvalue weighted by atomic mass is 19.4. The molecule has 0 saturated carbocycles. The molecule has 122 valence electrons. The zero-order valence-electron chi connectivity index (χ0n) is 12.4. The number of carbonyl (C=O) groups excluding carboxylic acids is 1. The molecule has 1 saturated heterocycles. The van der Waals surface area contributed by atoms with Crippen molar-refractivity contribution in [3.05, 3.63) is 29.8 Å². The summed E-state index contributed by atoms with van der Waals surface area (Å²) >= 11 is 0. The van der Waals surface area contributed by atoms with Crippen molar-refractivity contribution in [1.82, 2.24) is 4.90 Å². The minimum absolute atomic E-state index is 0.395. The van der Waals surface area contributed by atoms with Crippen LogP contribution < -0.4 is 4.90 Å². The third-order valence-electron chi connectivity index (χ3n) is 3.49. The van der Waals surface area contributed by atoms with Gasteiger partial charge in [-0.1, -0.05) is 12.1 Å². The molecule has 0 radical (unpaired) electrons. The highest BCUT2D eigenvalue weighted by Crippen LogP contribution is 2.18. The molecule has 1 aromatic rings. The third kappa shape index (κ3) is 4.91. The van der Waals surface area contributed by atoms with Crippen LogP contribution >= 0.6 is 0 Å². The van der Waals surface area contributed by atoms with Gasteiger partial charge in [-0.15, -0.1) is 0 Å². The summed E-state index contributed by atoms with van der Waals surface area (Å²) in [5.41, 5.74) is 2.26. The molecule has 1 fully saturated rings. The van der Waals surface area contributed by atoms with Crippen molar-refractivity contribution in [2.24, 2.45) is 0 Å². The zero-order chi connectivity index (χ0) is 16.2. The van der Waals surface area contributed by atoms with E-state index in [0.29, 0.717) is 26.2 Å². The van der Waals surface area contributed by atoms with Crippen LogP contribution in [0.5, 0.6) is 0 Å². The van der Waals surface area contributed by atoms with Gasteiger partial charge in [0.2, 0.25) is 5.91 Å². The van der Waals surface area contributed by atoms with E-state index < -0.39 is 25.3 Å².